The second-order valence-electron chi connectivity index (χ2n) is 6.60. The molecule has 0 saturated heterocycles. The van der Waals surface area contributed by atoms with E-state index in [2.05, 4.69) is 77.8 Å². The van der Waals surface area contributed by atoms with Crippen LogP contribution in [0, 0.1) is 10.7 Å². The van der Waals surface area contributed by atoms with Crippen molar-refractivity contribution < 1.29 is 36.1 Å². The standard InChI is InChI=1S/C20H12F2I3NO6S/c21-20(22,33(29,30)31)9-32-19(28)13-5-1-4-12-11(13)3-2-6-16(12)26-18(27)14-7-10(23)8-15(24)17(14)25/h1-8H,9H2,(H,26,27)(H,29,30,31). The number of esters is 1. The summed E-state index contributed by atoms with van der Waals surface area (Å²) in [5.41, 5.74) is 0.722. The summed E-state index contributed by atoms with van der Waals surface area (Å²) < 4.78 is 63.8. The molecule has 3 rings (SSSR count). The topological polar surface area (TPSA) is 110 Å². The van der Waals surface area contributed by atoms with Crippen LogP contribution in [0.15, 0.2) is 48.5 Å². The number of rotatable bonds is 6. The maximum absolute atomic E-state index is 13.4. The number of halogens is 5. The summed E-state index contributed by atoms with van der Waals surface area (Å²) in [4.78, 5) is 25.3. The first-order valence-corrected chi connectivity index (χ1v) is 13.5. The van der Waals surface area contributed by atoms with Crippen LogP contribution in [0.4, 0.5) is 14.5 Å². The lowest BCUT2D eigenvalue weighted by atomic mass is 10.0. The Morgan fingerprint density at radius 2 is 1.64 bits per heavy atom. The largest absolute Gasteiger partial charge is 0.454 e. The minimum absolute atomic E-state index is 0.117. The Hall–Kier alpha value is -1.18. The number of nitrogens with one attached hydrogen (secondary N) is 1. The third kappa shape index (κ3) is 5.91. The first-order valence-electron chi connectivity index (χ1n) is 8.81. The van der Waals surface area contributed by atoms with Crippen LogP contribution in [0.3, 0.4) is 0 Å². The minimum atomic E-state index is -5.74. The molecule has 0 aliphatic rings. The second kappa shape index (κ2) is 10.2. The van der Waals surface area contributed by atoms with Gasteiger partial charge in [-0.3, -0.25) is 9.35 Å². The number of anilines is 1. The molecule has 0 atom stereocenters. The van der Waals surface area contributed by atoms with Crippen molar-refractivity contribution in [1.29, 1.82) is 0 Å². The fourth-order valence-corrected chi connectivity index (χ4v) is 5.42. The Morgan fingerprint density at radius 1 is 1.00 bits per heavy atom. The molecular formula is C20H12F2I3NO6S. The molecule has 0 bridgehead atoms. The fourth-order valence-electron chi connectivity index (χ4n) is 2.81. The third-order valence-corrected chi connectivity index (χ3v) is 8.92. The minimum Gasteiger partial charge on any atom is -0.454 e. The molecule has 0 aliphatic carbocycles. The Balaban J connectivity index is 1.93. The zero-order valence-electron chi connectivity index (χ0n) is 16.1. The van der Waals surface area contributed by atoms with Gasteiger partial charge in [0.15, 0.2) is 6.61 Å². The molecule has 0 saturated carbocycles. The number of benzene rings is 3. The molecule has 3 aromatic rings. The Kier molecular flexibility index (Phi) is 8.17. The van der Waals surface area contributed by atoms with E-state index in [1.54, 1.807) is 24.3 Å². The van der Waals surface area contributed by atoms with E-state index >= 15 is 0 Å². The predicted molar refractivity (Wildman–Crippen MR) is 143 cm³/mol. The van der Waals surface area contributed by atoms with Gasteiger partial charge < -0.3 is 10.1 Å². The number of alkyl halides is 2. The van der Waals surface area contributed by atoms with Crippen molar-refractivity contribution in [3.05, 3.63) is 70.4 Å². The van der Waals surface area contributed by atoms with E-state index in [4.69, 9.17) is 4.55 Å². The van der Waals surface area contributed by atoms with E-state index in [0.717, 1.165) is 10.7 Å². The van der Waals surface area contributed by atoms with Crippen molar-refractivity contribution in [2.75, 3.05) is 11.9 Å². The summed E-state index contributed by atoms with van der Waals surface area (Å²) in [7, 11) is -5.74. The number of carbonyl (C=O) groups is 2. The Morgan fingerprint density at radius 3 is 2.30 bits per heavy atom. The average molecular weight is 813 g/mol. The van der Waals surface area contributed by atoms with Crippen molar-refractivity contribution in [3.8, 4) is 0 Å². The van der Waals surface area contributed by atoms with Gasteiger partial charge in [0, 0.05) is 21.8 Å². The molecule has 0 spiro atoms. The highest BCUT2D eigenvalue weighted by molar-refractivity contribution is 14.1. The molecule has 0 fully saturated rings. The maximum atomic E-state index is 13.4. The molecule has 7 nitrogen and oxygen atoms in total. The Bertz CT molecular complexity index is 1380. The lowest BCUT2D eigenvalue weighted by Crippen LogP contribution is -2.34. The molecule has 0 unspecified atom stereocenters. The van der Waals surface area contributed by atoms with Crippen LogP contribution in [-0.4, -0.2) is 36.7 Å². The zero-order valence-corrected chi connectivity index (χ0v) is 23.4. The molecule has 0 aliphatic heterocycles. The first kappa shape index (κ1) is 26.4. The van der Waals surface area contributed by atoms with Gasteiger partial charge in [-0.05, 0) is 97.4 Å². The van der Waals surface area contributed by atoms with Crippen LogP contribution in [0.1, 0.15) is 20.7 Å². The smallest absolute Gasteiger partial charge is 0.402 e. The van der Waals surface area contributed by atoms with E-state index in [9.17, 15) is 26.8 Å². The SMILES string of the molecule is O=C(Nc1cccc2c(C(=O)OCC(F)(F)S(=O)(=O)O)cccc12)c1cc(I)cc(I)c1I. The summed E-state index contributed by atoms with van der Waals surface area (Å²) >= 11 is 6.32. The molecule has 0 aromatic heterocycles. The van der Waals surface area contributed by atoms with Crippen LogP contribution >= 0.6 is 67.8 Å². The lowest BCUT2D eigenvalue weighted by Gasteiger charge is -2.15. The van der Waals surface area contributed by atoms with Crippen molar-refractivity contribution in [2.24, 2.45) is 0 Å². The summed E-state index contributed by atoms with van der Waals surface area (Å²) in [5, 5.41) is -1.10. The third-order valence-electron chi connectivity index (χ3n) is 4.38. The van der Waals surface area contributed by atoms with Crippen molar-refractivity contribution in [1.82, 2.24) is 0 Å². The van der Waals surface area contributed by atoms with Gasteiger partial charge >= 0.3 is 21.3 Å². The van der Waals surface area contributed by atoms with Crippen LogP contribution in [-0.2, 0) is 14.9 Å². The molecule has 2 N–H and O–H groups in total. The summed E-state index contributed by atoms with van der Waals surface area (Å²) in [6, 6.07) is 12.8. The van der Waals surface area contributed by atoms with Gasteiger partial charge in [0.25, 0.3) is 5.91 Å². The van der Waals surface area contributed by atoms with Crippen LogP contribution in [0.2, 0.25) is 0 Å². The molecule has 174 valence electrons. The predicted octanol–water partition coefficient (Wildman–Crippen LogP) is 5.54. The van der Waals surface area contributed by atoms with Crippen molar-refractivity contribution in [2.45, 2.75) is 5.25 Å². The molecular weight excluding hydrogens is 801 g/mol. The first-order chi connectivity index (χ1) is 15.3. The van der Waals surface area contributed by atoms with E-state index in [0.29, 0.717) is 22.0 Å². The maximum Gasteiger partial charge on any atom is 0.402 e. The Labute approximate surface area is 227 Å². The van der Waals surface area contributed by atoms with Gasteiger partial charge in [-0.15, -0.1) is 0 Å². The summed E-state index contributed by atoms with van der Waals surface area (Å²) in [5.74, 6) is -1.58. The number of hydrogen-bond acceptors (Lipinski definition) is 5. The van der Waals surface area contributed by atoms with E-state index in [-0.39, 0.29) is 11.5 Å². The molecule has 3 aromatic carbocycles. The van der Waals surface area contributed by atoms with Gasteiger partial charge in [-0.1, -0.05) is 24.3 Å². The monoisotopic (exact) mass is 813 g/mol. The number of amides is 1. The van der Waals surface area contributed by atoms with Crippen LogP contribution < -0.4 is 5.32 Å². The van der Waals surface area contributed by atoms with Crippen LogP contribution in [0.5, 0.6) is 0 Å². The second-order valence-corrected chi connectivity index (χ2v) is 11.6. The zero-order chi connectivity index (χ0) is 24.6. The van der Waals surface area contributed by atoms with Crippen LogP contribution in [0.25, 0.3) is 10.8 Å². The van der Waals surface area contributed by atoms with Crippen molar-refractivity contribution in [3.63, 3.8) is 0 Å². The quantitative estimate of drug-likeness (QED) is 0.147. The van der Waals surface area contributed by atoms with Gasteiger partial charge in [-0.25, -0.2) is 4.79 Å². The highest BCUT2D eigenvalue weighted by Gasteiger charge is 2.45. The molecule has 13 heteroatoms. The summed E-state index contributed by atoms with van der Waals surface area (Å²) in [6.45, 7) is -1.85. The van der Waals surface area contributed by atoms with E-state index in [1.807, 2.05) is 6.07 Å². The highest BCUT2D eigenvalue weighted by atomic mass is 127. The highest BCUT2D eigenvalue weighted by Crippen LogP contribution is 2.29. The molecule has 33 heavy (non-hydrogen) atoms. The lowest BCUT2D eigenvalue weighted by molar-refractivity contribution is -0.00937. The summed E-state index contributed by atoms with van der Waals surface area (Å²) in [6.07, 6.45) is 0. The van der Waals surface area contributed by atoms with Gasteiger partial charge in [0.05, 0.1) is 11.1 Å². The number of carbonyl (C=O) groups excluding carboxylic acids is 2. The molecule has 0 radical (unpaired) electrons. The van der Waals surface area contributed by atoms with Crippen molar-refractivity contribution >= 4 is 106 Å². The molecule has 0 heterocycles. The van der Waals surface area contributed by atoms with Gasteiger partial charge in [0.1, 0.15) is 0 Å². The van der Waals surface area contributed by atoms with Gasteiger partial charge in [0.2, 0.25) is 0 Å². The molecule has 1 amide bonds. The average Bonchev–Trinajstić information content (AvgIpc) is 2.73. The number of hydrogen-bond donors (Lipinski definition) is 2. The fraction of sp³-hybridized carbons (Fsp3) is 0.100. The van der Waals surface area contributed by atoms with Gasteiger partial charge in [-0.2, -0.15) is 17.2 Å². The number of ether oxygens (including phenoxy) is 1. The normalized spacial score (nSPS) is 11.9. The van der Waals surface area contributed by atoms with E-state index < -0.39 is 27.9 Å². The number of fused-ring (bicyclic) bond motifs is 1. The van der Waals surface area contributed by atoms with E-state index in [1.165, 1.54) is 18.2 Å².